The second-order valence-electron chi connectivity index (χ2n) is 8.37. The lowest BCUT2D eigenvalue weighted by Crippen LogP contribution is -2.32. The Hall–Kier alpha value is -1.89. The first kappa shape index (κ1) is 22.8. The number of nitrogens with zero attached hydrogens (tertiary/aromatic N) is 3. The molecule has 30 heavy (non-hydrogen) atoms. The quantitative estimate of drug-likeness (QED) is 0.734. The first-order valence-corrected chi connectivity index (χ1v) is 11.1. The van der Waals surface area contributed by atoms with Gasteiger partial charge in [0.15, 0.2) is 0 Å². The van der Waals surface area contributed by atoms with Gasteiger partial charge in [-0.25, -0.2) is 0 Å². The molecule has 2 aromatic rings. The lowest BCUT2D eigenvalue weighted by atomic mass is 10.1. The number of piperidine rings is 1. The molecule has 0 saturated carbocycles. The highest BCUT2D eigenvalue weighted by Gasteiger charge is 2.17. The van der Waals surface area contributed by atoms with Crippen molar-refractivity contribution >= 4 is 18.3 Å². The molecule has 7 heteroatoms. The predicted octanol–water partition coefficient (Wildman–Crippen LogP) is 3.54. The highest BCUT2D eigenvalue weighted by Crippen LogP contribution is 2.16. The Bertz CT molecular complexity index is 777. The molecule has 0 radical (unpaired) electrons. The normalized spacial score (nSPS) is 20.2. The second-order valence-corrected chi connectivity index (χ2v) is 8.37. The molecule has 6 nitrogen and oxygen atoms in total. The van der Waals surface area contributed by atoms with Crippen molar-refractivity contribution in [2.75, 3.05) is 26.2 Å². The van der Waals surface area contributed by atoms with Crippen LogP contribution in [0.1, 0.15) is 66.2 Å². The fraction of sp³-hybridized carbons (Fsp3) is 0.565. The molecule has 2 N–H and O–H groups in total. The van der Waals surface area contributed by atoms with Crippen LogP contribution >= 0.6 is 12.4 Å². The summed E-state index contributed by atoms with van der Waals surface area (Å²) in [6, 6.07) is 10.8. The van der Waals surface area contributed by atoms with Crippen LogP contribution in [-0.4, -0.2) is 46.8 Å². The van der Waals surface area contributed by atoms with Crippen LogP contribution < -0.4 is 10.6 Å². The van der Waals surface area contributed by atoms with E-state index in [1.807, 2.05) is 16.9 Å². The van der Waals surface area contributed by atoms with Gasteiger partial charge in [0, 0.05) is 25.8 Å². The fourth-order valence-corrected chi connectivity index (χ4v) is 4.31. The van der Waals surface area contributed by atoms with E-state index in [4.69, 9.17) is 0 Å². The summed E-state index contributed by atoms with van der Waals surface area (Å²) in [6.45, 7) is 5.97. The number of carbonyl (C=O) groups is 1. The zero-order valence-electron chi connectivity index (χ0n) is 17.7. The van der Waals surface area contributed by atoms with Gasteiger partial charge < -0.3 is 10.6 Å². The van der Waals surface area contributed by atoms with Gasteiger partial charge in [0.1, 0.15) is 5.69 Å². The molecule has 1 unspecified atom stereocenters. The largest absolute Gasteiger partial charge is 0.347 e. The molecule has 2 saturated heterocycles. The van der Waals surface area contributed by atoms with E-state index >= 15 is 0 Å². The van der Waals surface area contributed by atoms with E-state index in [1.165, 1.54) is 44.3 Å². The van der Waals surface area contributed by atoms with Crippen molar-refractivity contribution in [1.82, 2.24) is 25.3 Å². The van der Waals surface area contributed by atoms with Gasteiger partial charge in [-0.3, -0.25) is 14.4 Å². The molecule has 3 heterocycles. The minimum absolute atomic E-state index is 0. The predicted molar refractivity (Wildman–Crippen MR) is 122 cm³/mol. The molecule has 2 fully saturated rings. The third-order valence-corrected chi connectivity index (χ3v) is 6.07. The Morgan fingerprint density at radius 3 is 2.47 bits per heavy atom. The van der Waals surface area contributed by atoms with Crippen LogP contribution in [0.5, 0.6) is 0 Å². The summed E-state index contributed by atoms with van der Waals surface area (Å²) >= 11 is 0. The van der Waals surface area contributed by atoms with E-state index < -0.39 is 0 Å². The van der Waals surface area contributed by atoms with Crippen LogP contribution in [0.25, 0.3) is 0 Å². The SMILES string of the molecule is Cl.O=C(NCc1ccc(CN2CCCCCC2)cc1)c1ccn(C2CCCNC2)n1. The minimum Gasteiger partial charge on any atom is -0.347 e. The number of aromatic nitrogens is 2. The Morgan fingerprint density at radius 2 is 1.77 bits per heavy atom. The Balaban J connectivity index is 0.00000256. The van der Waals surface area contributed by atoms with Gasteiger partial charge in [0.2, 0.25) is 0 Å². The molecule has 2 aliphatic heterocycles. The smallest absolute Gasteiger partial charge is 0.272 e. The zero-order valence-corrected chi connectivity index (χ0v) is 18.5. The highest BCUT2D eigenvalue weighted by atomic mass is 35.5. The highest BCUT2D eigenvalue weighted by molar-refractivity contribution is 5.92. The first-order chi connectivity index (χ1) is 14.3. The van der Waals surface area contributed by atoms with Crippen LogP contribution in [0.3, 0.4) is 0 Å². The van der Waals surface area contributed by atoms with Crippen LogP contribution in [0.15, 0.2) is 36.5 Å². The lowest BCUT2D eigenvalue weighted by molar-refractivity contribution is 0.0944. The maximum absolute atomic E-state index is 12.5. The summed E-state index contributed by atoms with van der Waals surface area (Å²) in [6.07, 6.45) is 9.55. The van der Waals surface area contributed by atoms with Crippen molar-refractivity contribution in [1.29, 1.82) is 0 Å². The maximum Gasteiger partial charge on any atom is 0.272 e. The standard InChI is InChI=1S/C23H33N5O.ClH/c29-23(22-11-15-28(26-22)21-6-5-12-24-17-21)25-16-19-7-9-20(10-8-19)18-27-13-3-1-2-4-14-27;/h7-11,15,21,24H,1-6,12-14,16-18H2,(H,25,29);1H. The summed E-state index contributed by atoms with van der Waals surface area (Å²) in [4.78, 5) is 15.0. The summed E-state index contributed by atoms with van der Waals surface area (Å²) in [5.74, 6) is -0.110. The van der Waals surface area contributed by atoms with E-state index in [0.717, 1.165) is 38.0 Å². The number of amides is 1. The molecule has 0 aliphatic carbocycles. The number of benzene rings is 1. The Kier molecular flexibility index (Phi) is 8.73. The van der Waals surface area contributed by atoms with Crippen molar-refractivity contribution < 1.29 is 4.79 Å². The fourth-order valence-electron chi connectivity index (χ4n) is 4.31. The number of carbonyl (C=O) groups excluding carboxylic acids is 1. The van der Waals surface area contributed by atoms with Crippen LogP contribution in [-0.2, 0) is 13.1 Å². The lowest BCUT2D eigenvalue weighted by Gasteiger charge is -2.22. The monoisotopic (exact) mass is 431 g/mol. The van der Waals surface area contributed by atoms with E-state index in [2.05, 4.69) is 44.9 Å². The Labute approximate surface area is 185 Å². The van der Waals surface area contributed by atoms with Crippen molar-refractivity contribution in [2.24, 2.45) is 0 Å². The number of rotatable bonds is 6. The molecule has 164 valence electrons. The molecular weight excluding hydrogens is 398 g/mol. The summed E-state index contributed by atoms with van der Waals surface area (Å²) < 4.78 is 1.93. The molecule has 0 spiro atoms. The average Bonchev–Trinajstić information content (AvgIpc) is 3.13. The third-order valence-electron chi connectivity index (χ3n) is 6.07. The molecular formula is C23H34ClN5O. The maximum atomic E-state index is 12.5. The van der Waals surface area contributed by atoms with Crippen molar-refractivity contribution in [2.45, 2.75) is 57.7 Å². The first-order valence-electron chi connectivity index (χ1n) is 11.1. The number of hydrogen-bond acceptors (Lipinski definition) is 4. The minimum atomic E-state index is -0.110. The molecule has 4 rings (SSSR count). The zero-order chi connectivity index (χ0) is 19.9. The van der Waals surface area contributed by atoms with Gasteiger partial charge in [-0.05, 0) is 62.5 Å². The molecule has 2 aliphatic rings. The topological polar surface area (TPSA) is 62.2 Å². The van der Waals surface area contributed by atoms with Gasteiger partial charge in [0.05, 0.1) is 6.04 Å². The van der Waals surface area contributed by atoms with Crippen molar-refractivity contribution in [3.05, 3.63) is 53.3 Å². The summed E-state index contributed by atoms with van der Waals surface area (Å²) in [5, 5.41) is 10.9. The van der Waals surface area contributed by atoms with E-state index in [-0.39, 0.29) is 18.3 Å². The van der Waals surface area contributed by atoms with Gasteiger partial charge in [-0.2, -0.15) is 5.10 Å². The van der Waals surface area contributed by atoms with E-state index in [0.29, 0.717) is 18.3 Å². The average molecular weight is 432 g/mol. The second kappa shape index (κ2) is 11.5. The number of likely N-dealkylation sites (tertiary alicyclic amines) is 1. The number of hydrogen-bond donors (Lipinski definition) is 2. The van der Waals surface area contributed by atoms with Gasteiger partial charge in [0.25, 0.3) is 5.91 Å². The molecule has 1 aromatic carbocycles. The van der Waals surface area contributed by atoms with Crippen LogP contribution in [0.2, 0.25) is 0 Å². The van der Waals surface area contributed by atoms with E-state index in [9.17, 15) is 4.79 Å². The van der Waals surface area contributed by atoms with Gasteiger partial charge >= 0.3 is 0 Å². The number of halogens is 1. The summed E-state index contributed by atoms with van der Waals surface area (Å²) in [7, 11) is 0. The number of nitrogens with one attached hydrogen (secondary N) is 2. The van der Waals surface area contributed by atoms with E-state index in [1.54, 1.807) is 0 Å². The summed E-state index contributed by atoms with van der Waals surface area (Å²) in [5.41, 5.74) is 2.96. The van der Waals surface area contributed by atoms with Crippen molar-refractivity contribution in [3.8, 4) is 0 Å². The molecule has 1 aromatic heterocycles. The van der Waals surface area contributed by atoms with Crippen LogP contribution in [0.4, 0.5) is 0 Å². The third kappa shape index (κ3) is 6.30. The van der Waals surface area contributed by atoms with Crippen LogP contribution in [0, 0.1) is 0 Å². The van der Waals surface area contributed by atoms with Gasteiger partial charge in [-0.15, -0.1) is 12.4 Å². The molecule has 0 bridgehead atoms. The Morgan fingerprint density at radius 1 is 1.03 bits per heavy atom. The van der Waals surface area contributed by atoms with Crippen molar-refractivity contribution in [3.63, 3.8) is 0 Å². The molecule has 1 atom stereocenters. The van der Waals surface area contributed by atoms with Gasteiger partial charge in [-0.1, -0.05) is 37.1 Å². The molecule has 1 amide bonds.